The fourth-order valence-corrected chi connectivity index (χ4v) is 4.08. The van der Waals surface area contributed by atoms with E-state index >= 15 is 0 Å². The minimum Gasteiger partial charge on any atom is -0.493 e. The summed E-state index contributed by atoms with van der Waals surface area (Å²) in [5.41, 5.74) is 2.47. The van der Waals surface area contributed by atoms with E-state index in [2.05, 4.69) is 14.6 Å². The van der Waals surface area contributed by atoms with Gasteiger partial charge in [0.1, 0.15) is 0 Å². The Kier molecular flexibility index (Phi) is 7.52. The number of carbonyl (C=O) groups excluding carboxylic acids is 1. The molecule has 0 fully saturated rings. The van der Waals surface area contributed by atoms with Gasteiger partial charge in [0.25, 0.3) is 0 Å². The summed E-state index contributed by atoms with van der Waals surface area (Å²) in [6.45, 7) is -0.837. The highest BCUT2D eigenvalue weighted by molar-refractivity contribution is 7.92. The minimum absolute atomic E-state index is 0.0866. The van der Waals surface area contributed by atoms with Crippen molar-refractivity contribution in [3.05, 3.63) is 53.6 Å². The van der Waals surface area contributed by atoms with Gasteiger partial charge in [0.05, 0.1) is 25.6 Å². The van der Waals surface area contributed by atoms with Gasteiger partial charge in [-0.1, -0.05) is 19.1 Å². The third kappa shape index (κ3) is 6.41. The second kappa shape index (κ2) is 10.2. The SMILES string of the molecule is CCC1CC(=O)N(Cc2ccc(NS(C)(=O)=O)cc2)N=C1c1ccc(OC(F)F)c(OC)c1. The molecule has 11 heteroatoms. The maximum absolute atomic E-state index is 12.7. The van der Waals surface area contributed by atoms with E-state index in [1.165, 1.54) is 18.2 Å². The Morgan fingerprint density at radius 1 is 1.18 bits per heavy atom. The van der Waals surface area contributed by atoms with Gasteiger partial charge < -0.3 is 9.47 Å². The zero-order valence-electron chi connectivity index (χ0n) is 18.4. The number of carbonyl (C=O) groups is 1. The first-order valence-corrected chi connectivity index (χ1v) is 12.1. The molecule has 0 bridgehead atoms. The number of hydrogen-bond donors (Lipinski definition) is 1. The summed E-state index contributed by atoms with van der Waals surface area (Å²) in [5, 5.41) is 5.93. The van der Waals surface area contributed by atoms with E-state index in [4.69, 9.17) is 4.74 Å². The van der Waals surface area contributed by atoms with Crippen molar-refractivity contribution < 1.29 is 31.5 Å². The van der Waals surface area contributed by atoms with Crippen molar-refractivity contribution in [2.24, 2.45) is 11.0 Å². The molecule has 3 rings (SSSR count). The lowest BCUT2D eigenvalue weighted by atomic mass is 9.89. The van der Waals surface area contributed by atoms with Crippen molar-refractivity contribution in [3.8, 4) is 11.5 Å². The van der Waals surface area contributed by atoms with E-state index < -0.39 is 16.6 Å². The number of methoxy groups -OCH3 is 1. The highest BCUT2D eigenvalue weighted by Gasteiger charge is 2.30. The molecule has 1 aliphatic heterocycles. The molecule has 1 heterocycles. The van der Waals surface area contributed by atoms with E-state index in [0.29, 0.717) is 23.4 Å². The fourth-order valence-electron chi connectivity index (χ4n) is 3.52. The number of nitrogens with zero attached hydrogens (tertiary/aromatic N) is 2. The molecule has 1 unspecified atom stereocenters. The molecule has 0 saturated heterocycles. The van der Waals surface area contributed by atoms with Gasteiger partial charge in [0.2, 0.25) is 15.9 Å². The summed E-state index contributed by atoms with van der Waals surface area (Å²) in [7, 11) is -2.03. The number of sulfonamides is 1. The topological polar surface area (TPSA) is 97.3 Å². The van der Waals surface area contributed by atoms with Gasteiger partial charge in [-0.15, -0.1) is 0 Å². The largest absolute Gasteiger partial charge is 0.493 e. The summed E-state index contributed by atoms with van der Waals surface area (Å²) in [4.78, 5) is 12.7. The van der Waals surface area contributed by atoms with E-state index in [0.717, 1.165) is 11.8 Å². The van der Waals surface area contributed by atoms with Gasteiger partial charge in [0, 0.05) is 23.6 Å². The first kappa shape index (κ1) is 24.4. The smallest absolute Gasteiger partial charge is 0.387 e. The predicted molar refractivity (Wildman–Crippen MR) is 120 cm³/mol. The van der Waals surface area contributed by atoms with Gasteiger partial charge in [-0.3, -0.25) is 9.52 Å². The molecule has 1 aliphatic rings. The van der Waals surface area contributed by atoms with Crippen LogP contribution in [0, 0.1) is 5.92 Å². The zero-order valence-corrected chi connectivity index (χ0v) is 19.2. The average Bonchev–Trinajstić information content (AvgIpc) is 2.75. The van der Waals surface area contributed by atoms with E-state index in [-0.39, 0.29) is 36.3 Å². The highest BCUT2D eigenvalue weighted by atomic mass is 32.2. The van der Waals surface area contributed by atoms with Crippen molar-refractivity contribution in [2.45, 2.75) is 32.9 Å². The number of benzene rings is 2. The normalized spacial score (nSPS) is 16.5. The quantitative estimate of drug-likeness (QED) is 0.587. The summed E-state index contributed by atoms with van der Waals surface area (Å²) < 4.78 is 60.1. The molecule has 0 aliphatic carbocycles. The number of rotatable bonds is 9. The second-order valence-electron chi connectivity index (χ2n) is 7.56. The van der Waals surface area contributed by atoms with Gasteiger partial charge in [-0.05, 0) is 42.3 Å². The van der Waals surface area contributed by atoms with Crippen molar-refractivity contribution in [2.75, 3.05) is 18.1 Å². The molecule has 1 N–H and O–H groups in total. The predicted octanol–water partition coefficient (Wildman–Crippen LogP) is 3.83. The molecule has 1 atom stereocenters. The molecule has 2 aromatic rings. The second-order valence-corrected chi connectivity index (χ2v) is 9.31. The number of amides is 1. The first-order chi connectivity index (χ1) is 15.6. The number of alkyl halides is 2. The van der Waals surface area contributed by atoms with Gasteiger partial charge in [-0.25, -0.2) is 13.4 Å². The number of ether oxygens (including phenoxy) is 2. The Morgan fingerprint density at radius 3 is 2.45 bits per heavy atom. The lowest BCUT2D eigenvalue weighted by Gasteiger charge is -2.29. The molecular weight excluding hydrogens is 456 g/mol. The van der Waals surface area contributed by atoms with Crippen molar-refractivity contribution >= 4 is 27.3 Å². The highest BCUT2D eigenvalue weighted by Crippen LogP contribution is 2.33. The van der Waals surface area contributed by atoms with Crippen molar-refractivity contribution in [3.63, 3.8) is 0 Å². The number of halogens is 2. The molecule has 178 valence electrons. The van der Waals surface area contributed by atoms with Crippen LogP contribution in [-0.4, -0.2) is 45.0 Å². The Bertz CT molecular complexity index is 1140. The van der Waals surface area contributed by atoms with Crippen LogP contribution >= 0.6 is 0 Å². The number of nitrogens with one attached hydrogen (secondary N) is 1. The van der Waals surface area contributed by atoms with E-state index in [1.54, 1.807) is 36.4 Å². The lowest BCUT2D eigenvalue weighted by molar-refractivity contribution is -0.133. The van der Waals surface area contributed by atoms with Gasteiger partial charge >= 0.3 is 6.61 Å². The Labute approximate surface area is 191 Å². The third-order valence-electron chi connectivity index (χ3n) is 5.08. The molecule has 0 spiro atoms. The van der Waals surface area contributed by atoms with E-state index in [1.807, 2.05) is 6.92 Å². The number of anilines is 1. The molecule has 1 amide bonds. The number of hydrogen-bond acceptors (Lipinski definition) is 6. The van der Waals surface area contributed by atoms with Crippen LogP contribution < -0.4 is 14.2 Å². The molecule has 0 saturated carbocycles. The van der Waals surface area contributed by atoms with Crippen LogP contribution in [-0.2, 0) is 21.4 Å². The fraction of sp³-hybridized carbons (Fsp3) is 0.364. The Hall–Kier alpha value is -3.21. The van der Waals surface area contributed by atoms with Crippen LogP contribution in [0.2, 0.25) is 0 Å². The monoisotopic (exact) mass is 481 g/mol. The van der Waals surface area contributed by atoms with Crippen LogP contribution in [0.15, 0.2) is 47.6 Å². The molecule has 8 nitrogen and oxygen atoms in total. The molecule has 0 radical (unpaired) electrons. The van der Waals surface area contributed by atoms with E-state index in [9.17, 15) is 22.0 Å². The minimum atomic E-state index is -3.39. The van der Waals surface area contributed by atoms with Crippen LogP contribution in [0.25, 0.3) is 0 Å². The molecular formula is C22H25F2N3O5S. The average molecular weight is 482 g/mol. The molecule has 0 aromatic heterocycles. The summed E-state index contributed by atoms with van der Waals surface area (Å²) in [5.74, 6) is -0.227. The van der Waals surface area contributed by atoms with Crippen LogP contribution in [0.1, 0.15) is 30.9 Å². The first-order valence-electron chi connectivity index (χ1n) is 10.2. The summed E-state index contributed by atoms with van der Waals surface area (Å²) in [6.07, 6.45) is 1.98. The summed E-state index contributed by atoms with van der Waals surface area (Å²) in [6, 6.07) is 11.2. The standard InChI is InChI=1S/C22H25F2N3O5S/c1-4-15-12-20(28)27(13-14-5-8-17(9-6-14)26-33(3,29)30)25-21(15)16-7-10-18(32-22(23)24)19(11-16)31-2/h5-11,15,22,26H,4,12-13H2,1-3H3. The van der Waals surface area contributed by atoms with Crippen molar-refractivity contribution in [1.29, 1.82) is 0 Å². The molecule has 33 heavy (non-hydrogen) atoms. The van der Waals surface area contributed by atoms with Crippen LogP contribution in [0.4, 0.5) is 14.5 Å². The van der Waals surface area contributed by atoms with Crippen molar-refractivity contribution in [1.82, 2.24) is 5.01 Å². The molecule has 2 aromatic carbocycles. The number of hydrazone groups is 1. The summed E-state index contributed by atoms with van der Waals surface area (Å²) >= 11 is 0. The van der Waals surface area contributed by atoms with Crippen LogP contribution in [0.5, 0.6) is 11.5 Å². The zero-order chi connectivity index (χ0) is 24.2. The van der Waals surface area contributed by atoms with Crippen LogP contribution in [0.3, 0.4) is 0 Å². The Morgan fingerprint density at radius 2 is 1.88 bits per heavy atom. The lowest BCUT2D eigenvalue weighted by Crippen LogP contribution is -2.36. The maximum Gasteiger partial charge on any atom is 0.387 e. The van der Waals surface area contributed by atoms with Gasteiger partial charge in [-0.2, -0.15) is 13.9 Å². The third-order valence-corrected chi connectivity index (χ3v) is 5.69. The van der Waals surface area contributed by atoms with Gasteiger partial charge in [0.15, 0.2) is 11.5 Å². The Balaban J connectivity index is 1.88. The maximum atomic E-state index is 12.7.